The molecule has 0 aromatic carbocycles. The van der Waals surface area contributed by atoms with E-state index in [2.05, 4.69) is 51.7 Å². The van der Waals surface area contributed by atoms with Crippen molar-refractivity contribution in [2.24, 2.45) is 5.92 Å². The molecular weight excluding hydrogens is 160 g/mol. The van der Waals surface area contributed by atoms with E-state index < -0.39 is 0 Å². The average molecular weight is 184 g/mol. The molecule has 0 aromatic rings. The van der Waals surface area contributed by atoms with E-state index in [1.54, 1.807) is 0 Å². The Balaban J connectivity index is 2.77. The van der Waals surface area contributed by atoms with E-state index in [1.165, 1.54) is 13.0 Å². The SMILES string of the molecule is CC(C)[C@@H]1CCN(C)N1C(C)(C)C. The Kier molecular flexibility index (Phi) is 3.03. The van der Waals surface area contributed by atoms with Crippen LogP contribution in [0.3, 0.4) is 0 Å². The third kappa shape index (κ3) is 2.23. The Morgan fingerprint density at radius 1 is 1.23 bits per heavy atom. The van der Waals surface area contributed by atoms with Crippen LogP contribution in [0.5, 0.6) is 0 Å². The second kappa shape index (κ2) is 3.58. The summed E-state index contributed by atoms with van der Waals surface area (Å²) in [7, 11) is 2.20. The van der Waals surface area contributed by atoms with Crippen molar-refractivity contribution in [3.63, 3.8) is 0 Å². The molecule has 0 spiro atoms. The second-order valence-corrected chi connectivity index (χ2v) is 5.50. The highest BCUT2D eigenvalue weighted by Crippen LogP contribution is 2.30. The van der Waals surface area contributed by atoms with Crippen molar-refractivity contribution in [2.75, 3.05) is 13.6 Å². The number of rotatable bonds is 1. The van der Waals surface area contributed by atoms with Crippen LogP contribution >= 0.6 is 0 Å². The number of hydrogen-bond acceptors (Lipinski definition) is 2. The molecule has 2 heteroatoms. The topological polar surface area (TPSA) is 6.48 Å². The lowest BCUT2D eigenvalue weighted by atomic mass is 9.97. The van der Waals surface area contributed by atoms with Crippen molar-refractivity contribution in [1.82, 2.24) is 10.0 Å². The summed E-state index contributed by atoms with van der Waals surface area (Å²) in [5.74, 6) is 0.754. The van der Waals surface area contributed by atoms with Gasteiger partial charge in [0.05, 0.1) is 0 Å². The lowest BCUT2D eigenvalue weighted by molar-refractivity contribution is -0.0687. The highest BCUT2D eigenvalue weighted by molar-refractivity contribution is 4.87. The Hall–Kier alpha value is -0.0800. The van der Waals surface area contributed by atoms with E-state index in [-0.39, 0.29) is 5.54 Å². The van der Waals surface area contributed by atoms with Crippen molar-refractivity contribution in [3.05, 3.63) is 0 Å². The fraction of sp³-hybridized carbons (Fsp3) is 1.00. The predicted molar refractivity (Wildman–Crippen MR) is 57.5 cm³/mol. The van der Waals surface area contributed by atoms with Gasteiger partial charge in [-0.15, -0.1) is 0 Å². The van der Waals surface area contributed by atoms with Crippen molar-refractivity contribution in [2.45, 2.75) is 52.6 Å². The van der Waals surface area contributed by atoms with Gasteiger partial charge in [-0.2, -0.15) is 0 Å². The van der Waals surface area contributed by atoms with Gasteiger partial charge in [0.15, 0.2) is 0 Å². The molecule has 1 saturated heterocycles. The van der Waals surface area contributed by atoms with Gasteiger partial charge >= 0.3 is 0 Å². The van der Waals surface area contributed by atoms with E-state index in [1.807, 2.05) is 0 Å². The van der Waals surface area contributed by atoms with Gasteiger partial charge in [0.2, 0.25) is 0 Å². The maximum atomic E-state index is 2.54. The molecule has 0 saturated carbocycles. The molecule has 1 rings (SSSR count). The highest BCUT2D eigenvalue weighted by Gasteiger charge is 2.38. The van der Waals surface area contributed by atoms with Crippen LogP contribution in [0.25, 0.3) is 0 Å². The van der Waals surface area contributed by atoms with Gasteiger partial charge < -0.3 is 0 Å². The van der Waals surface area contributed by atoms with Crippen LogP contribution in [0.2, 0.25) is 0 Å². The number of hydrogen-bond donors (Lipinski definition) is 0. The summed E-state index contributed by atoms with van der Waals surface area (Å²) in [5.41, 5.74) is 0.264. The van der Waals surface area contributed by atoms with Crippen LogP contribution in [0, 0.1) is 5.92 Å². The summed E-state index contributed by atoms with van der Waals surface area (Å²) in [5, 5.41) is 4.92. The summed E-state index contributed by atoms with van der Waals surface area (Å²) < 4.78 is 0. The van der Waals surface area contributed by atoms with Crippen LogP contribution in [0.4, 0.5) is 0 Å². The zero-order valence-electron chi connectivity index (χ0n) is 9.96. The molecule has 0 unspecified atom stereocenters. The van der Waals surface area contributed by atoms with Crippen molar-refractivity contribution < 1.29 is 0 Å². The molecule has 0 radical (unpaired) electrons. The van der Waals surface area contributed by atoms with E-state index in [9.17, 15) is 0 Å². The Bertz CT molecular complexity index is 169. The van der Waals surface area contributed by atoms with Gasteiger partial charge in [-0.25, -0.2) is 10.0 Å². The summed E-state index contributed by atoms with van der Waals surface area (Å²) in [6, 6.07) is 0.727. The Morgan fingerprint density at radius 3 is 2.08 bits per heavy atom. The van der Waals surface area contributed by atoms with Gasteiger partial charge in [0.25, 0.3) is 0 Å². The molecule has 0 aliphatic carbocycles. The van der Waals surface area contributed by atoms with Crippen molar-refractivity contribution in [3.8, 4) is 0 Å². The molecule has 13 heavy (non-hydrogen) atoms. The zero-order chi connectivity index (χ0) is 10.2. The molecule has 0 bridgehead atoms. The largest absolute Gasteiger partial charge is 0.244 e. The predicted octanol–water partition coefficient (Wildman–Crippen LogP) is 2.36. The molecule has 1 heterocycles. The summed E-state index contributed by atoms with van der Waals surface area (Å²) in [6.07, 6.45) is 1.31. The van der Waals surface area contributed by atoms with Crippen molar-refractivity contribution in [1.29, 1.82) is 0 Å². The summed E-state index contributed by atoms with van der Waals surface area (Å²) in [4.78, 5) is 0. The smallest absolute Gasteiger partial charge is 0.0287 e. The van der Waals surface area contributed by atoms with Crippen LogP contribution in [-0.2, 0) is 0 Å². The fourth-order valence-electron chi connectivity index (χ4n) is 2.43. The van der Waals surface area contributed by atoms with E-state index in [4.69, 9.17) is 0 Å². The second-order valence-electron chi connectivity index (χ2n) is 5.50. The van der Waals surface area contributed by atoms with Gasteiger partial charge in [0, 0.05) is 25.2 Å². The summed E-state index contributed by atoms with van der Waals surface area (Å²) in [6.45, 7) is 12.7. The molecule has 78 valence electrons. The van der Waals surface area contributed by atoms with Gasteiger partial charge in [-0.05, 0) is 33.1 Å². The first-order valence-corrected chi connectivity index (χ1v) is 5.34. The normalized spacial score (nSPS) is 27.5. The molecule has 0 amide bonds. The van der Waals surface area contributed by atoms with Crippen LogP contribution in [0.15, 0.2) is 0 Å². The number of hydrazine groups is 1. The zero-order valence-corrected chi connectivity index (χ0v) is 9.96. The Morgan fingerprint density at radius 2 is 1.77 bits per heavy atom. The first-order valence-electron chi connectivity index (χ1n) is 5.34. The lowest BCUT2D eigenvalue weighted by Crippen LogP contribution is -2.52. The van der Waals surface area contributed by atoms with E-state index in [0.29, 0.717) is 0 Å². The molecule has 1 aliphatic heterocycles. The van der Waals surface area contributed by atoms with E-state index >= 15 is 0 Å². The maximum absolute atomic E-state index is 2.54. The highest BCUT2D eigenvalue weighted by atomic mass is 15.7. The van der Waals surface area contributed by atoms with Crippen molar-refractivity contribution >= 4 is 0 Å². The minimum absolute atomic E-state index is 0.264. The van der Waals surface area contributed by atoms with Gasteiger partial charge in [0.1, 0.15) is 0 Å². The quantitative estimate of drug-likeness (QED) is 0.617. The average Bonchev–Trinajstić information content (AvgIpc) is 2.28. The summed E-state index contributed by atoms with van der Waals surface area (Å²) >= 11 is 0. The minimum Gasteiger partial charge on any atom is -0.244 e. The maximum Gasteiger partial charge on any atom is 0.0287 e. The Labute approximate surface area is 82.9 Å². The van der Waals surface area contributed by atoms with Crippen LogP contribution in [0.1, 0.15) is 41.0 Å². The van der Waals surface area contributed by atoms with E-state index in [0.717, 1.165) is 12.0 Å². The molecular formula is C11H24N2. The number of nitrogens with zero attached hydrogens (tertiary/aromatic N) is 2. The molecule has 1 fully saturated rings. The molecule has 2 nitrogen and oxygen atoms in total. The third-order valence-corrected chi connectivity index (χ3v) is 2.89. The van der Waals surface area contributed by atoms with Crippen LogP contribution < -0.4 is 0 Å². The van der Waals surface area contributed by atoms with Gasteiger partial charge in [-0.3, -0.25) is 0 Å². The monoisotopic (exact) mass is 184 g/mol. The lowest BCUT2D eigenvalue weighted by Gasteiger charge is -2.42. The van der Waals surface area contributed by atoms with Gasteiger partial charge in [-0.1, -0.05) is 13.8 Å². The molecule has 1 aliphatic rings. The first kappa shape index (κ1) is 11.0. The fourth-order valence-corrected chi connectivity index (χ4v) is 2.43. The van der Waals surface area contributed by atoms with Crippen LogP contribution in [-0.4, -0.2) is 35.2 Å². The first-order chi connectivity index (χ1) is 5.84. The standard InChI is InChI=1S/C11H24N2/c1-9(2)10-7-8-12(6)13(10)11(3,4)5/h9-10H,7-8H2,1-6H3/t10-/m0/s1. The third-order valence-electron chi connectivity index (χ3n) is 2.89. The molecule has 1 atom stereocenters. The minimum atomic E-state index is 0.264. The molecule has 0 N–H and O–H groups in total. The molecule has 0 aromatic heterocycles.